The van der Waals surface area contributed by atoms with Gasteiger partial charge in [0.2, 0.25) is 0 Å². The van der Waals surface area contributed by atoms with Gasteiger partial charge in [0.25, 0.3) is 0 Å². The Kier molecular flexibility index (Phi) is 7.22. The van der Waals surface area contributed by atoms with Crippen molar-refractivity contribution in [3.8, 4) is 23.0 Å². The van der Waals surface area contributed by atoms with Crippen molar-refractivity contribution in [3.05, 3.63) is 76.9 Å². The van der Waals surface area contributed by atoms with Gasteiger partial charge in [-0.05, 0) is 55.0 Å². The molecule has 3 aromatic carbocycles. The number of esters is 1. The Morgan fingerprint density at radius 1 is 0.923 bits per heavy atom. The van der Waals surface area contributed by atoms with Gasteiger partial charge < -0.3 is 43.6 Å². The van der Waals surface area contributed by atoms with E-state index in [1.165, 1.54) is 24.3 Å². The molecule has 0 aliphatic carbocycles. The van der Waals surface area contributed by atoms with E-state index in [1.54, 1.807) is 45.6 Å². The van der Waals surface area contributed by atoms with Crippen LogP contribution in [-0.2, 0) is 23.6 Å². The van der Waals surface area contributed by atoms with Gasteiger partial charge in [-0.2, -0.15) is 0 Å². The lowest BCUT2D eigenvalue weighted by Crippen LogP contribution is -2.43. The van der Waals surface area contributed by atoms with E-state index in [4.69, 9.17) is 35.0 Å². The van der Waals surface area contributed by atoms with Crippen LogP contribution in [-0.4, -0.2) is 58.0 Å². The number of anilines is 1. The summed E-state index contributed by atoms with van der Waals surface area (Å²) in [5.74, 6) is 0.120. The van der Waals surface area contributed by atoms with Crippen LogP contribution in [0.5, 0.6) is 23.0 Å². The number of rotatable bonds is 8. The van der Waals surface area contributed by atoms with Gasteiger partial charge in [-0.1, -0.05) is 6.07 Å². The predicted molar refractivity (Wildman–Crippen MR) is 148 cm³/mol. The molecule has 0 unspecified atom stereocenters. The van der Waals surface area contributed by atoms with Crippen molar-refractivity contribution in [1.82, 2.24) is 5.32 Å². The molecule has 12 heteroatoms. The number of ether oxygens (including phenoxy) is 2. The molecule has 4 N–H and O–H groups in total. The second-order valence-corrected chi connectivity index (χ2v) is 12.6. The third-order valence-electron chi connectivity index (χ3n) is 6.91. The summed E-state index contributed by atoms with van der Waals surface area (Å²) in [5.41, 5.74) is 1.39. The maximum atomic E-state index is 13.3. The summed E-state index contributed by atoms with van der Waals surface area (Å²) < 4.78 is 28.4. The minimum absolute atomic E-state index is 0.00250. The molecule has 0 saturated heterocycles. The molecule has 2 aliphatic rings. The number of carbonyl (C=O) groups is 1. The summed E-state index contributed by atoms with van der Waals surface area (Å²) >= 11 is 5.45. The number of aromatic hydroxyl groups is 2. The molecule has 0 fully saturated rings. The molecule has 1 spiro atoms. The molecule has 39 heavy (non-hydrogen) atoms. The lowest BCUT2D eigenvalue weighted by atomic mass is 9.77. The second-order valence-electron chi connectivity index (χ2n) is 9.07. The Balaban J connectivity index is 1.39. The molecule has 0 amide bonds. The fraction of sp³-hybridized carbons (Fsp3) is 0.259. The quantitative estimate of drug-likeness (QED) is 0.135. The highest BCUT2D eigenvalue weighted by Crippen LogP contribution is 2.57. The first-order chi connectivity index (χ1) is 18.7. The maximum absolute atomic E-state index is 13.3. The van der Waals surface area contributed by atoms with Crippen molar-refractivity contribution < 1.29 is 37.8 Å². The van der Waals surface area contributed by atoms with Crippen molar-refractivity contribution >= 4 is 37.8 Å². The van der Waals surface area contributed by atoms with Crippen LogP contribution < -0.4 is 15.4 Å². The number of hydrogen-bond acceptors (Lipinski definition) is 9. The molecule has 0 atom stereocenters. The standard InChI is InChI=1S/C27H28N2O8SSi/c1-33-39(34-2,35-3)12-4-11-28-26(38)29-16-5-8-20-19(13-16)25(32)37-27(20)21-9-6-17(30)14-23(21)36-24-15-18(31)7-10-22(24)27/h5-10,13-15,30-31H,4,11-12H2,1-3H3,(H2,28,29,38). The number of phenolic OH excluding ortho intramolecular Hbond substituents is 2. The molecular formula is C27H28N2O8SSi. The van der Waals surface area contributed by atoms with Crippen molar-refractivity contribution in [1.29, 1.82) is 0 Å². The minimum Gasteiger partial charge on any atom is -0.508 e. The Morgan fingerprint density at radius 3 is 2.10 bits per heavy atom. The highest BCUT2D eigenvalue weighted by molar-refractivity contribution is 7.80. The number of phenols is 2. The smallest absolute Gasteiger partial charge is 0.500 e. The highest BCUT2D eigenvalue weighted by atomic mass is 32.1. The van der Waals surface area contributed by atoms with Crippen LogP contribution in [0.3, 0.4) is 0 Å². The molecule has 0 radical (unpaired) electrons. The van der Waals surface area contributed by atoms with E-state index in [-0.39, 0.29) is 11.5 Å². The summed E-state index contributed by atoms with van der Waals surface area (Å²) in [6.07, 6.45) is 0.717. The van der Waals surface area contributed by atoms with Crippen LogP contribution in [0, 0.1) is 0 Å². The highest BCUT2D eigenvalue weighted by Gasteiger charge is 2.53. The van der Waals surface area contributed by atoms with Gasteiger partial charge >= 0.3 is 14.8 Å². The fourth-order valence-corrected chi connectivity index (χ4v) is 6.96. The maximum Gasteiger partial charge on any atom is 0.500 e. The van der Waals surface area contributed by atoms with Gasteiger partial charge in [-0.15, -0.1) is 0 Å². The van der Waals surface area contributed by atoms with Crippen LogP contribution >= 0.6 is 12.2 Å². The monoisotopic (exact) mass is 568 g/mol. The Labute approximate surface area is 231 Å². The summed E-state index contributed by atoms with van der Waals surface area (Å²) in [4.78, 5) is 13.3. The largest absolute Gasteiger partial charge is 0.508 e. The van der Waals surface area contributed by atoms with Crippen LogP contribution in [0.25, 0.3) is 0 Å². The lowest BCUT2D eigenvalue weighted by Gasteiger charge is -2.36. The summed E-state index contributed by atoms with van der Waals surface area (Å²) in [5, 5.41) is 26.8. The predicted octanol–water partition coefficient (Wildman–Crippen LogP) is 4.22. The normalized spacial score (nSPS) is 14.6. The van der Waals surface area contributed by atoms with Crippen LogP contribution in [0.1, 0.15) is 33.5 Å². The zero-order valence-corrected chi connectivity index (χ0v) is 23.4. The summed E-state index contributed by atoms with van der Waals surface area (Å²) in [6.45, 7) is 0.569. The number of benzene rings is 3. The van der Waals surface area contributed by atoms with Gasteiger partial charge in [0.05, 0.1) is 5.56 Å². The third kappa shape index (κ3) is 4.70. The van der Waals surface area contributed by atoms with E-state index in [0.717, 1.165) is 0 Å². The summed E-state index contributed by atoms with van der Waals surface area (Å²) in [7, 11) is 2.08. The molecule has 0 aromatic heterocycles. The molecular weight excluding hydrogens is 540 g/mol. The Morgan fingerprint density at radius 2 is 1.51 bits per heavy atom. The van der Waals surface area contributed by atoms with Crippen LogP contribution in [0.15, 0.2) is 54.6 Å². The minimum atomic E-state index is -2.65. The van der Waals surface area contributed by atoms with Crippen molar-refractivity contribution in [2.24, 2.45) is 0 Å². The molecule has 2 heterocycles. The Bertz CT molecular complexity index is 1390. The molecule has 0 bridgehead atoms. The number of fused-ring (bicyclic) bond motifs is 6. The van der Waals surface area contributed by atoms with Gasteiger partial charge in [0, 0.05) is 68.4 Å². The van der Waals surface area contributed by atoms with Crippen molar-refractivity contribution in [3.63, 3.8) is 0 Å². The Hall–Kier alpha value is -3.68. The number of hydrogen-bond donors (Lipinski definition) is 4. The zero-order valence-electron chi connectivity index (χ0n) is 21.6. The molecule has 10 nitrogen and oxygen atoms in total. The SMILES string of the molecule is CO[Si](CCCNC(=S)Nc1ccc2c(c1)C(=O)OC21c2ccc(O)cc2Oc2cc(O)ccc21)(OC)OC. The fourth-order valence-electron chi connectivity index (χ4n) is 5.02. The van der Waals surface area contributed by atoms with E-state index in [1.807, 2.05) is 6.07 Å². The topological polar surface area (TPSA) is 128 Å². The van der Waals surface area contributed by atoms with E-state index in [9.17, 15) is 15.0 Å². The average Bonchev–Trinajstić information content (AvgIpc) is 3.20. The van der Waals surface area contributed by atoms with Gasteiger partial charge in [-0.25, -0.2) is 4.79 Å². The van der Waals surface area contributed by atoms with Crippen LogP contribution in [0.2, 0.25) is 6.04 Å². The van der Waals surface area contributed by atoms with Crippen LogP contribution in [0.4, 0.5) is 5.69 Å². The first-order valence-corrected chi connectivity index (χ1v) is 14.5. The average molecular weight is 569 g/mol. The van der Waals surface area contributed by atoms with Crippen molar-refractivity contribution in [2.45, 2.75) is 18.1 Å². The van der Waals surface area contributed by atoms with Gasteiger partial charge in [-0.3, -0.25) is 0 Å². The van der Waals surface area contributed by atoms with Crippen molar-refractivity contribution in [2.75, 3.05) is 33.2 Å². The number of nitrogens with one attached hydrogen (secondary N) is 2. The van der Waals surface area contributed by atoms with Gasteiger partial charge in [0.1, 0.15) is 23.0 Å². The first-order valence-electron chi connectivity index (χ1n) is 12.2. The lowest BCUT2D eigenvalue weighted by molar-refractivity contribution is 0.0224. The van der Waals surface area contributed by atoms with E-state index in [2.05, 4.69) is 10.6 Å². The summed E-state index contributed by atoms with van der Waals surface area (Å²) in [6, 6.07) is 15.2. The molecule has 5 rings (SSSR count). The third-order valence-corrected chi connectivity index (χ3v) is 9.99. The van der Waals surface area contributed by atoms with E-state index >= 15 is 0 Å². The van der Waals surface area contributed by atoms with E-state index < -0.39 is 20.4 Å². The second kappa shape index (κ2) is 10.5. The van der Waals surface area contributed by atoms with Gasteiger partial charge in [0.15, 0.2) is 10.7 Å². The first kappa shape index (κ1) is 26.9. The number of carbonyl (C=O) groups excluding carboxylic acids is 1. The van der Waals surface area contributed by atoms with E-state index in [0.29, 0.717) is 63.6 Å². The molecule has 2 aliphatic heterocycles. The zero-order chi connectivity index (χ0) is 27.8. The molecule has 3 aromatic rings. The number of thiocarbonyl (C=S) groups is 1. The molecule has 0 saturated carbocycles. The molecule has 204 valence electrons.